The number of nitrogens with two attached hydrogens (primary N) is 2. The molecular formula is C41H63N5O3S. The number of amidine groups is 2. The van der Waals surface area contributed by atoms with Crippen LogP contribution in [-0.4, -0.2) is 60.1 Å². The van der Waals surface area contributed by atoms with Crippen LogP contribution in [-0.2, 0) is 9.53 Å². The van der Waals surface area contributed by atoms with Gasteiger partial charge in [0.1, 0.15) is 11.6 Å². The number of carbonyl (C=O) groups is 1. The molecule has 0 radical (unpaired) electrons. The molecule has 4 N–H and O–H groups in total. The Morgan fingerprint density at radius 2 is 1.50 bits per heavy atom. The van der Waals surface area contributed by atoms with Crippen LogP contribution in [0.3, 0.4) is 0 Å². The fourth-order valence-corrected chi connectivity index (χ4v) is 5.48. The lowest BCUT2D eigenvalue weighted by Gasteiger charge is -2.38. The van der Waals surface area contributed by atoms with Crippen LogP contribution in [0.5, 0.6) is 5.75 Å². The number of hydrogen-bond donors (Lipinski definition) is 2. The summed E-state index contributed by atoms with van der Waals surface area (Å²) in [6, 6.07) is 15.7. The normalized spacial score (nSPS) is 13.0. The maximum absolute atomic E-state index is 13.4. The van der Waals surface area contributed by atoms with Gasteiger partial charge in [-0.2, -0.15) is 0 Å². The van der Waals surface area contributed by atoms with Crippen molar-refractivity contribution < 1.29 is 14.3 Å². The van der Waals surface area contributed by atoms with Crippen LogP contribution in [0.1, 0.15) is 101 Å². The summed E-state index contributed by atoms with van der Waals surface area (Å²) in [4.78, 5) is 16.3. The van der Waals surface area contributed by atoms with Crippen LogP contribution in [0.4, 0.5) is 0 Å². The summed E-state index contributed by atoms with van der Waals surface area (Å²) in [5.41, 5.74) is 12.8. The van der Waals surface area contributed by atoms with E-state index in [9.17, 15) is 4.79 Å². The summed E-state index contributed by atoms with van der Waals surface area (Å²) in [7, 11) is 0. The van der Waals surface area contributed by atoms with E-state index in [-0.39, 0.29) is 39.3 Å². The van der Waals surface area contributed by atoms with E-state index in [1.165, 1.54) is 4.90 Å². The molecule has 50 heavy (non-hydrogen) atoms. The molecule has 8 nitrogen and oxygen atoms in total. The van der Waals surface area contributed by atoms with Crippen molar-refractivity contribution in [1.29, 1.82) is 0 Å². The highest BCUT2D eigenvalue weighted by Gasteiger charge is 2.34. The molecule has 0 fully saturated rings. The van der Waals surface area contributed by atoms with E-state index in [0.717, 1.165) is 11.1 Å². The number of thioether (sulfide) groups is 1. The van der Waals surface area contributed by atoms with E-state index in [2.05, 4.69) is 88.9 Å². The van der Waals surface area contributed by atoms with Gasteiger partial charge in [-0.25, -0.2) is 0 Å². The predicted octanol–water partition coefficient (Wildman–Crippen LogP) is 8.64. The van der Waals surface area contributed by atoms with Gasteiger partial charge in [0.05, 0.1) is 26.4 Å². The third-order valence-electron chi connectivity index (χ3n) is 8.06. The zero-order chi connectivity index (χ0) is 38.2. The van der Waals surface area contributed by atoms with E-state index in [1.807, 2.05) is 75.9 Å². The van der Waals surface area contributed by atoms with Gasteiger partial charge in [0.2, 0.25) is 5.91 Å². The maximum atomic E-state index is 13.4. The number of benzene rings is 2. The fourth-order valence-electron chi connectivity index (χ4n) is 4.22. The van der Waals surface area contributed by atoms with E-state index in [1.54, 1.807) is 11.8 Å². The lowest BCUT2D eigenvalue weighted by molar-refractivity contribution is -0.133. The minimum atomic E-state index is -0.379. The van der Waals surface area contributed by atoms with Crippen molar-refractivity contribution in [2.75, 3.05) is 32.9 Å². The zero-order valence-corrected chi connectivity index (χ0v) is 33.5. The Hall–Kier alpha value is -3.74. The standard InChI is InChI=1S/C39H57N5O3S.C2H6/c1-12-23-44(24-15-17-30-16-13-14-18-33(30)48-39(10,11)36(3,4)5)34(45)25-37(6,7)26-46-27-38(8,9)28-47-32-21-19-31(20-22-32)35(41)43-42-29(2)40;1-2/h1,13-22H,23-28H2,2-11H3,(H2,40,42)(H2,41,43);1-2H3/b17-15+;. The highest BCUT2D eigenvalue weighted by atomic mass is 32.2. The van der Waals surface area contributed by atoms with Crippen LogP contribution in [0.15, 0.2) is 69.7 Å². The smallest absolute Gasteiger partial charge is 0.224 e. The lowest BCUT2D eigenvalue weighted by atomic mass is 9.83. The summed E-state index contributed by atoms with van der Waals surface area (Å²) in [6.45, 7) is 27.3. The Kier molecular flexibility index (Phi) is 17.9. The van der Waals surface area contributed by atoms with Gasteiger partial charge in [0.15, 0.2) is 5.84 Å². The van der Waals surface area contributed by atoms with E-state index < -0.39 is 0 Å². The molecule has 2 aromatic rings. The van der Waals surface area contributed by atoms with Crippen molar-refractivity contribution >= 4 is 35.4 Å². The van der Waals surface area contributed by atoms with Gasteiger partial charge in [0.25, 0.3) is 0 Å². The Labute approximate surface area is 307 Å². The molecule has 0 aliphatic rings. The fraction of sp³-hybridized carbons (Fsp3) is 0.537. The second kappa shape index (κ2) is 20.2. The molecule has 0 bridgehead atoms. The SMILES string of the molecule is C#CCN(C/C=C/c1ccccc1SC(C)(C)C(C)(C)C)C(=O)CC(C)(C)COCC(C)(C)COc1ccc(/C(N)=N/N=C(/C)N)cc1.CC. The number of nitrogens with zero attached hydrogens (tertiary/aromatic N) is 3. The molecule has 0 heterocycles. The summed E-state index contributed by atoms with van der Waals surface area (Å²) >= 11 is 1.88. The number of carbonyl (C=O) groups excluding carboxylic acids is 1. The first-order valence-corrected chi connectivity index (χ1v) is 18.2. The number of ether oxygens (including phenoxy) is 2. The first-order valence-electron chi connectivity index (χ1n) is 17.4. The lowest BCUT2D eigenvalue weighted by Crippen LogP contribution is -2.37. The zero-order valence-electron chi connectivity index (χ0n) is 32.7. The molecule has 276 valence electrons. The summed E-state index contributed by atoms with van der Waals surface area (Å²) in [6.07, 6.45) is 10.1. The van der Waals surface area contributed by atoms with Gasteiger partial charge in [0, 0.05) is 33.6 Å². The van der Waals surface area contributed by atoms with Gasteiger partial charge in [-0.05, 0) is 67.5 Å². The molecule has 0 saturated carbocycles. The van der Waals surface area contributed by atoms with Crippen molar-refractivity contribution in [3.05, 3.63) is 65.7 Å². The monoisotopic (exact) mass is 705 g/mol. The summed E-state index contributed by atoms with van der Waals surface area (Å²) in [5.74, 6) is 3.97. The average Bonchev–Trinajstić information content (AvgIpc) is 3.03. The molecule has 9 heteroatoms. The molecule has 2 aromatic carbocycles. The molecule has 0 aliphatic carbocycles. The third-order valence-corrected chi connectivity index (χ3v) is 9.77. The molecule has 2 rings (SSSR count). The van der Waals surface area contributed by atoms with Crippen molar-refractivity contribution in [2.45, 2.75) is 99.1 Å². The van der Waals surface area contributed by atoms with Crippen LogP contribution >= 0.6 is 11.8 Å². The average molecular weight is 706 g/mol. The molecule has 0 aromatic heterocycles. The van der Waals surface area contributed by atoms with Crippen molar-refractivity contribution in [3.63, 3.8) is 0 Å². The third kappa shape index (κ3) is 15.9. The van der Waals surface area contributed by atoms with Crippen LogP contribution in [0.2, 0.25) is 0 Å². The van der Waals surface area contributed by atoms with Crippen molar-refractivity contribution in [3.8, 4) is 18.1 Å². The molecular weight excluding hydrogens is 643 g/mol. The Morgan fingerprint density at radius 1 is 0.900 bits per heavy atom. The van der Waals surface area contributed by atoms with E-state index >= 15 is 0 Å². The first kappa shape index (κ1) is 44.3. The Bertz CT molecular complexity index is 1470. The number of terminal acetylenes is 1. The molecule has 0 spiro atoms. The highest BCUT2D eigenvalue weighted by molar-refractivity contribution is 8.00. The van der Waals surface area contributed by atoms with Crippen LogP contribution in [0, 0.1) is 28.6 Å². The van der Waals surface area contributed by atoms with Crippen molar-refractivity contribution in [2.24, 2.45) is 37.9 Å². The minimum Gasteiger partial charge on any atom is -0.493 e. The number of hydrogen-bond acceptors (Lipinski definition) is 6. The molecule has 0 unspecified atom stereocenters. The van der Waals surface area contributed by atoms with Gasteiger partial charge >= 0.3 is 0 Å². The minimum absolute atomic E-state index is 0.00409. The second-order valence-corrected chi connectivity index (χ2v) is 17.0. The molecule has 0 aliphatic heterocycles. The summed E-state index contributed by atoms with van der Waals surface area (Å²) in [5, 5.41) is 7.70. The van der Waals surface area contributed by atoms with E-state index in [4.69, 9.17) is 27.4 Å². The van der Waals surface area contributed by atoms with Gasteiger partial charge in [-0.1, -0.05) is 98.6 Å². The first-order chi connectivity index (χ1) is 23.2. The Morgan fingerprint density at radius 3 is 2.08 bits per heavy atom. The van der Waals surface area contributed by atoms with Gasteiger partial charge < -0.3 is 25.8 Å². The quantitative estimate of drug-likeness (QED) is 0.0560. The number of amides is 1. The maximum Gasteiger partial charge on any atom is 0.224 e. The highest BCUT2D eigenvalue weighted by Crippen LogP contribution is 2.46. The van der Waals surface area contributed by atoms with Gasteiger partial charge in [-0.3, -0.25) is 4.79 Å². The Balaban J connectivity index is 0.00000613. The molecule has 0 atom stereocenters. The largest absolute Gasteiger partial charge is 0.493 e. The van der Waals surface area contributed by atoms with Crippen LogP contribution in [0.25, 0.3) is 6.08 Å². The number of rotatable bonds is 17. The summed E-state index contributed by atoms with van der Waals surface area (Å²) < 4.78 is 12.2. The second-order valence-electron chi connectivity index (χ2n) is 15.3. The van der Waals surface area contributed by atoms with Gasteiger partial charge in [-0.15, -0.1) is 28.4 Å². The van der Waals surface area contributed by atoms with Crippen molar-refractivity contribution in [1.82, 2.24) is 4.90 Å². The topological polar surface area (TPSA) is 116 Å². The molecule has 0 saturated heterocycles. The molecule has 1 amide bonds. The van der Waals surface area contributed by atoms with Crippen LogP contribution < -0.4 is 16.2 Å². The predicted molar refractivity (Wildman–Crippen MR) is 215 cm³/mol. The van der Waals surface area contributed by atoms with E-state index in [0.29, 0.717) is 44.4 Å².